The van der Waals surface area contributed by atoms with Crippen LogP contribution in [0, 0.1) is 0 Å². The summed E-state index contributed by atoms with van der Waals surface area (Å²) < 4.78 is 0. The summed E-state index contributed by atoms with van der Waals surface area (Å²) in [5.41, 5.74) is 5.54. The molecule has 0 spiro atoms. The van der Waals surface area contributed by atoms with Crippen LogP contribution in [0.3, 0.4) is 0 Å². The lowest BCUT2D eigenvalue weighted by Crippen LogP contribution is -2.40. The minimum absolute atomic E-state index is 0.0841. The predicted molar refractivity (Wildman–Crippen MR) is 81.3 cm³/mol. The van der Waals surface area contributed by atoms with E-state index in [0.717, 1.165) is 32.0 Å². The van der Waals surface area contributed by atoms with Crippen LogP contribution in [0.5, 0.6) is 0 Å². The fraction of sp³-hybridized carbons (Fsp3) is 1.00. The van der Waals surface area contributed by atoms with Crippen LogP contribution < -0.4 is 5.73 Å². The second-order valence-electron chi connectivity index (χ2n) is 6.23. The van der Waals surface area contributed by atoms with Crippen LogP contribution in [0.15, 0.2) is 0 Å². The first-order valence-electron chi connectivity index (χ1n) is 7.88. The lowest BCUT2D eigenvalue weighted by molar-refractivity contribution is 0.192. The number of rotatable bonds is 9. The van der Waals surface area contributed by atoms with Crippen molar-refractivity contribution < 1.29 is 5.11 Å². The number of hydrogen-bond acceptors (Lipinski definition) is 4. The van der Waals surface area contributed by atoms with Gasteiger partial charge in [0.1, 0.15) is 0 Å². The van der Waals surface area contributed by atoms with Gasteiger partial charge in [-0.05, 0) is 52.4 Å². The van der Waals surface area contributed by atoms with Crippen LogP contribution in [0.25, 0.3) is 0 Å². The van der Waals surface area contributed by atoms with E-state index in [0.29, 0.717) is 0 Å². The molecule has 0 aromatic rings. The molecule has 0 radical (unpaired) electrons. The highest BCUT2D eigenvalue weighted by Crippen LogP contribution is 2.17. The Hall–Kier alpha value is -0.160. The molecule has 0 aliphatic carbocycles. The van der Waals surface area contributed by atoms with Crippen LogP contribution in [0.1, 0.15) is 46.5 Å². The van der Waals surface area contributed by atoms with Gasteiger partial charge in [-0.3, -0.25) is 4.90 Å². The molecule has 1 fully saturated rings. The van der Waals surface area contributed by atoms with Crippen molar-refractivity contribution >= 4 is 0 Å². The summed E-state index contributed by atoms with van der Waals surface area (Å²) in [5, 5.41) is 9.11. The molecule has 114 valence electrons. The molecule has 2 unspecified atom stereocenters. The van der Waals surface area contributed by atoms with Crippen molar-refractivity contribution in [1.29, 1.82) is 0 Å². The van der Waals surface area contributed by atoms with Crippen LogP contribution in [-0.2, 0) is 0 Å². The number of unbranched alkanes of at least 4 members (excludes halogenated alkanes) is 1. The molecule has 19 heavy (non-hydrogen) atoms. The third-order valence-corrected chi connectivity index (χ3v) is 4.41. The number of nitrogens with zero attached hydrogens (tertiary/aromatic N) is 2. The molecule has 4 nitrogen and oxygen atoms in total. The number of likely N-dealkylation sites (N-methyl/N-ethyl adjacent to an activating group) is 1. The summed E-state index contributed by atoms with van der Waals surface area (Å²) in [5.74, 6) is 0. The first-order chi connectivity index (χ1) is 9.02. The van der Waals surface area contributed by atoms with Crippen molar-refractivity contribution in [3.8, 4) is 0 Å². The number of aliphatic hydroxyl groups is 1. The smallest absolute Gasteiger partial charge is 0.0608 e. The molecule has 0 saturated carbocycles. The zero-order valence-electron chi connectivity index (χ0n) is 13.1. The van der Waals surface area contributed by atoms with Gasteiger partial charge in [0.25, 0.3) is 0 Å². The molecule has 4 heteroatoms. The Kier molecular flexibility index (Phi) is 7.29. The highest BCUT2D eigenvalue weighted by Gasteiger charge is 2.25. The van der Waals surface area contributed by atoms with E-state index >= 15 is 0 Å². The van der Waals surface area contributed by atoms with Gasteiger partial charge in [0, 0.05) is 18.1 Å². The van der Waals surface area contributed by atoms with Crippen molar-refractivity contribution in [2.75, 3.05) is 39.3 Å². The molecule has 1 saturated heterocycles. The van der Waals surface area contributed by atoms with Crippen LogP contribution >= 0.6 is 0 Å². The minimum atomic E-state index is -0.394. The first-order valence-corrected chi connectivity index (χ1v) is 7.88. The Morgan fingerprint density at radius 1 is 1.32 bits per heavy atom. The molecule has 0 bridgehead atoms. The summed E-state index contributed by atoms with van der Waals surface area (Å²) >= 11 is 0. The minimum Gasteiger partial charge on any atom is -0.394 e. The fourth-order valence-electron chi connectivity index (χ4n) is 3.00. The first kappa shape index (κ1) is 16.9. The van der Waals surface area contributed by atoms with Crippen LogP contribution in [0.2, 0.25) is 0 Å². The van der Waals surface area contributed by atoms with Gasteiger partial charge in [-0.15, -0.1) is 0 Å². The summed E-state index contributed by atoms with van der Waals surface area (Å²) in [6.07, 6.45) is 4.53. The third-order valence-electron chi connectivity index (χ3n) is 4.41. The molecule has 1 aliphatic heterocycles. The molecule has 0 aromatic heterocycles. The summed E-state index contributed by atoms with van der Waals surface area (Å²) in [6, 6.07) is 0.757. The maximum Gasteiger partial charge on any atom is 0.0608 e. The zero-order chi connectivity index (χ0) is 14.3. The SMILES string of the molecule is CCN(CC)C1CCN(CCCCC(C)(N)CO)C1. The highest BCUT2D eigenvalue weighted by atomic mass is 16.3. The average molecular weight is 271 g/mol. The Morgan fingerprint density at radius 3 is 2.58 bits per heavy atom. The monoisotopic (exact) mass is 271 g/mol. The quantitative estimate of drug-likeness (QED) is 0.620. The number of hydrogen-bond donors (Lipinski definition) is 2. The standard InChI is InChI=1S/C15H33N3O/c1-4-18(5-2)14-8-11-17(12-14)10-7-6-9-15(3,16)13-19/h14,19H,4-13,16H2,1-3H3. The summed E-state index contributed by atoms with van der Waals surface area (Å²) in [6.45, 7) is 12.5. The molecular formula is C15H33N3O. The van der Waals surface area contributed by atoms with Gasteiger partial charge in [0.05, 0.1) is 6.61 Å². The van der Waals surface area contributed by atoms with E-state index in [4.69, 9.17) is 10.8 Å². The van der Waals surface area contributed by atoms with Gasteiger partial charge >= 0.3 is 0 Å². The van der Waals surface area contributed by atoms with Gasteiger partial charge in [-0.2, -0.15) is 0 Å². The van der Waals surface area contributed by atoms with Crippen LogP contribution in [-0.4, -0.2) is 65.8 Å². The second-order valence-corrected chi connectivity index (χ2v) is 6.23. The fourth-order valence-corrected chi connectivity index (χ4v) is 3.00. The van der Waals surface area contributed by atoms with E-state index in [9.17, 15) is 0 Å². The van der Waals surface area contributed by atoms with Crippen molar-refractivity contribution in [2.45, 2.75) is 58.0 Å². The largest absolute Gasteiger partial charge is 0.394 e. The Morgan fingerprint density at radius 2 is 2.00 bits per heavy atom. The normalized spacial score (nSPS) is 24.0. The maximum absolute atomic E-state index is 9.11. The van der Waals surface area contributed by atoms with E-state index in [-0.39, 0.29) is 6.61 Å². The predicted octanol–water partition coefficient (Wildman–Crippen LogP) is 1.28. The Balaban J connectivity index is 2.15. The molecule has 1 heterocycles. The van der Waals surface area contributed by atoms with Crippen molar-refractivity contribution in [3.63, 3.8) is 0 Å². The van der Waals surface area contributed by atoms with Crippen molar-refractivity contribution in [1.82, 2.24) is 9.80 Å². The Labute approximate surface area is 118 Å². The molecular weight excluding hydrogens is 238 g/mol. The van der Waals surface area contributed by atoms with E-state index in [1.165, 1.54) is 32.5 Å². The number of aliphatic hydroxyl groups excluding tert-OH is 1. The zero-order valence-corrected chi connectivity index (χ0v) is 13.1. The second kappa shape index (κ2) is 8.20. The highest BCUT2D eigenvalue weighted by molar-refractivity contribution is 4.83. The molecule has 2 atom stereocenters. The third kappa shape index (κ3) is 5.78. The van der Waals surface area contributed by atoms with Crippen LogP contribution in [0.4, 0.5) is 0 Å². The van der Waals surface area contributed by atoms with E-state index in [1.54, 1.807) is 0 Å². The van der Waals surface area contributed by atoms with Gasteiger partial charge in [0.15, 0.2) is 0 Å². The number of nitrogens with two attached hydrogens (primary N) is 1. The molecule has 0 amide bonds. The summed E-state index contributed by atoms with van der Waals surface area (Å²) in [7, 11) is 0. The van der Waals surface area contributed by atoms with Gasteiger partial charge in [0.2, 0.25) is 0 Å². The molecule has 0 aromatic carbocycles. The van der Waals surface area contributed by atoms with Crippen molar-refractivity contribution in [3.05, 3.63) is 0 Å². The maximum atomic E-state index is 9.11. The van der Waals surface area contributed by atoms with Crippen molar-refractivity contribution in [2.24, 2.45) is 5.73 Å². The average Bonchev–Trinajstić information content (AvgIpc) is 2.85. The Bertz CT molecular complexity index is 242. The molecule has 3 N–H and O–H groups in total. The lowest BCUT2D eigenvalue weighted by atomic mass is 9.97. The molecule has 1 rings (SSSR count). The topological polar surface area (TPSA) is 52.7 Å². The lowest BCUT2D eigenvalue weighted by Gasteiger charge is -2.26. The number of likely N-dealkylation sites (tertiary alicyclic amines) is 1. The summed E-state index contributed by atoms with van der Waals surface area (Å²) in [4.78, 5) is 5.15. The van der Waals surface area contributed by atoms with Gasteiger partial charge in [-0.1, -0.05) is 20.3 Å². The molecule has 1 aliphatic rings. The van der Waals surface area contributed by atoms with Gasteiger partial charge < -0.3 is 15.7 Å². The van der Waals surface area contributed by atoms with Gasteiger partial charge in [-0.25, -0.2) is 0 Å². The van der Waals surface area contributed by atoms with E-state index in [1.807, 2.05) is 6.92 Å². The van der Waals surface area contributed by atoms with E-state index < -0.39 is 5.54 Å². The van der Waals surface area contributed by atoms with E-state index in [2.05, 4.69) is 23.6 Å².